The van der Waals surface area contributed by atoms with Gasteiger partial charge in [-0.25, -0.2) is 35.5 Å². The van der Waals surface area contributed by atoms with Gasteiger partial charge in [-0.3, -0.25) is 9.11 Å². The van der Waals surface area contributed by atoms with E-state index in [1.807, 2.05) is 37.5 Å². The number of hydrogen-bond acceptors (Lipinski definition) is 25. The lowest BCUT2D eigenvalue weighted by Gasteiger charge is -2.45. The topological polar surface area (TPSA) is 561 Å². The Labute approximate surface area is 375 Å². The Kier molecular flexibility index (Phi) is 22.6. The van der Waals surface area contributed by atoms with E-state index in [2.05, 4.69) is 11.5 Å². The molecule has 0 aromatic carbocycles. The van der Waals surface area contributed by atoms with Crippen LogP contribution in [-0.4, -0.2) is 189 Å². The molecule has 5 rings (SSSR count). The highest BCUT2D eigenvalue weighted by Crippen LogP contribution is 2.36. The molecule has 4 fully saturated rings. The molecule has 0 spiro atoms. The predicted octanol–water partition coefficient (Wildman–Crippen LogP) is -13.8. The third kappa shape index (κ3) is 18.6. The molecule has 3 aliphatic heterocycles. The minimum Gasteiger partial charge on any atom is -0.726 e. The lowest BCUT2D eigenvalue weighted by atomic mass is 9.84. The minimum absolute atomic E-state index is 0.0935. The van der Waals surface area contributed by atoms with Gasteiger partial charge in [-0.05, 0) is 12.5 Å². The summed E-state index contributed by atoms with van der Waals surface area (Å²) in [4.78, 5) is 0. The van der Waals surface area contributed by atoms with Crippen LogP contribution in [0.1, 0.15) is 30.3 Å². The van der Waals surface area contributed by atoms with Crippen molar-refractivity contribution in [2.45, 2.75) is 151 Å². The van der Waals surface area contributed by atoms with Crippen molar-refractivity contribution in [3.8, 4) is 0 Å². The first-order valence-corrected chi connectivity index (χ1v) is 23.3. The highest BCUT2D eigenvalue weighted by molar-refractivity contribution is 7.80. The SMILES string of the molecule is Cc1cc(C)[n+](CC2OC(OC3C([NH3+])CC(N)C(O)C3OC3OC(CO)C(OC4OC(CN)C(O)C(O)C4N)C3C)C([NH3+])C(O)C2O)c(C)c1.O=S(=O)([O-])O.O=S(=O)([O-])O.[O-][Cl+3]([O-])([O-])[O-]. The van der Waals surface area contributed by atoms with E-state index in [9.17, 15) is 30.6 Å². The van der Waals surface area contributed by atoms with Gasteiger partial charge in [-0.2, -0.15) is 4.57 Å². The fourth-order valence-corrected chi connectivity index (χ4v) is 7.67. The smallest absolute Gasteiger partial charge is 0.215 e. The normalized spacial score (nSPS) is 38.9. The van der Waals surface area contributed by atoms with Crippen LogP contribution in [0.3, 0.4) is 0 Å². The van der Waals surface area contributed by atoms with Crippen LogP contribution < -0.4 is 51.9 Å². The number of hydrogen-bond donors (Lipinski definition) is 13. The molecule has 19 atom stereocenters. The van der Waals surface area contributed by atoms with Crippen LogP contribution in [0.25, 0.3) is 0 Å². The van der Waals surface area contributed by atoms with Gasteiger partial charge in [0.2, 0.25) is 27.1 Å². The lowest BCUT2D eigenvalue weighted by molar-refractivity contribution is -2.00. The van der Waals surface area contributed by atoms with Gasteiger partial charge in [0.1, 0.15) is 61.0 Å². The maximum absolute atomic E-state index is 11.3. The number of halogens is 1. The molecule has 30 nitrogen and oxygen atoms in total. The van der Waals surface area contributed by atoms with Crippen molar-refractivity contribution in [1.82, 2.24) is 0 Å². The van der Waals surface area contributed by atoms with Crippen molar-refractivity contribution in [3.63, 3.8) is 0 Å². The van der Waals surface area contributed by atoms with Gasteiger partial charge in [-0.15, -0.1) is 10.2 Å². The Hall–Kier alpha value is -1.66. The summed E-state index contributed by atoms with van der Waals surface area (Å²) in [6, 6.07) is 0.784. The summed E-state index contributed by atoms with van der Waals surface area (Å²) in [6.45, 7) is 7.34. The van der Waals surface area contributed by atoms with Gasteiger partial charge in [0, 0.05) is 50.9 Å². The molecule has 33 heteroatoms. The summed E-state index contributed by atoms with van der Waals surface area (Å²) < 4.78 is 139. The molecule has 20 N–H and O–H groups in total. The van der Waals surface area contributed by atoms with E-state index < -0.39 is 154 Å². The Bertz CT molecular complexity index is 1780. The summed E-state index contributed by atoms with van der Waals surface area (Å²) in [5.41, 5.74) is 29.4. The van der Waals surface area contributed by atoms with E-state index in [-0.39, 0.29) is 19.5 Å². The molecule has 1 aromatic heterocycles. The van der Waals surface area contributed by atoms with Gasteiger partial charge in [0.15, 0.2) is 36.6 Å². The average Bonchev–Trinajstić information content (AvgIpc) is 3.44. The zero-order valence-corrected chi connectivity index (χ0v) is 37.7. The number of quaternary nitrogens is 2. The van der Waals surface area contributed by atoms with Crippen LogP contribution in [0.2, 0.25) is 0 Å². The molecule has 0 amide bonds. The molecule has 19 unspecified atom stereocenters. The van der Waals surface area contributed by atoms with Crippen LogP contribution in [0.5, 0.6) is 0 Å². The number of nitrogens with zero attached hydrogens (tertiary/aromatic N) is 1. The van der Waals surface area contributed by atoms with Gasteiger partial charge in [-0.1, -0.05) is 6.92 Å². The molecule has 65 heavy (non-hydrogen) atoms. The second-order valence-corrected chi connectivity index (χ2v) is 18.2. The van der Waals surface area contributed by atoms with Gasteiger partial charge < -0.3 is 96.8 Å². The van der Waals surface area contributed by atoms with E-state index in [4.69, 9.17) is 99.3 Å². The van der Waals surface area contributed by atoms with Crippen LogP contribution in [0.4, 0.5) is 0 Å². The maximum Gasteiger partial charge on any atom is 0.215 e. The number of aryl methyl sites for hydroxylation is 3. The summed E-state index contributed by atoms with van der Waals surface area (Å²) in [5.74, 6) is -0.580. The summed E-state index contributed by atoms with van der Waals surface area (Å²) >= 11 is 0. The number of rotatable bonds is 10. The van der Waals surface area contributed by atoms with E-state index in [1.165, 1.54) is 0 Å². The highest BCUT2D eigenvalue weighted by Gasteiger charge is 2.55. The maximum atomic E-state index is 11.3. The molecule has 1 aromatic rings. The fraction of sp³-hybridized carbons (Fsp3) is 0.844. The van der Waals surface area contributed by atoms with Crippen molar-refractivity contribution >= 4 is 20.8 Å². The van der Waals surface area contributed by atoms with Crippen molar-refractivity contribution in [2.24, 2.45) is 23.1 Å². The fourth-order valence-electron chi connectivity index (χ4n) is 7.67. The molecule has 0 bridgehead atoms. The molecular weight excluding hydrogens is 952 g/mol. The lowest BCUT2D eigenvalue weighted by Crippen LogP contribution is -2.81. The van der Waals surface area contributed by atoms with Gasteiger partial charge >= 0.3 is 0 Å². The molecule has 4 aliphatic rings. The molecule has 382 valence electrons. The first-order valence-electron chi connectivity index (χ1n) is 19.3. The van der Waals surface area contributed by atoms with Gasteiger partial charge in [0.25, 0.3) is 0 Å². The summed E-state index contributed by atoms with van der Waals surface area (Å²) in [5, 5.41) is 64.4. The van der Waals surface area contributed by atoms with Crippen LogP contribution in [0.15, 0.2) is 12.1 Å². The second kappa shape index (κ2) is 24.8. The Morgan fingerprint density at radius 2 is 1.17 bits per heavy atom. The third-order valence-electron chi connectivity index (χ3n) is 10.7. The van der Waals surface area contributed by atoms with Crippen molar-refractivity contribution < 1.29 is 139 Å². The number of aliphatic hydroxyl groups excluding tert-OH is 6. The number of aromatic nitrogens is 1. The number of nitrogens with two attached hydrogens (primary N) is 3. The zero-order chi connectivity index (χ0) is 50.3. The summed E-state index contributed by atoms with van der Waals surface area (Å²) in [7, 11) is -14.8. The van der Waals surface area contributed by atoms with E-state index in [1.54, 1.807) is 6.92 Å². The third-order valence-corrected chi connectivity index (χ3v) is 10.7. The highest BCUT2D eigenvalue weighted by atomic mass is 35.7. The van der Waals surface area contributed by atoms with Crippen LogP contribution in [0, 0.1) is 36.9 Å². The second-order valence-electron chi connectivity index (χ2n) is 15.7. The van der Waals surface area contributed by atoms with Crippen molar-refractivity contribution in [2.75, 3.05) is 13.2 Å². The Morgan fingerprint density at radius 1 is 0.738 bits per heavy atom. The number of pyridine rings is 1. The first-order chi connectivity index (χ1) is 29.6. The standard InChI is InChI=1S/C32H57N6O12.ClHO4.2H2O4S/c1-11-5-12(2)38(13(3)6-11)9-18-24(42)26(44)21(37)32(46-18)49-28-16(35)7-15(34)22(40)29(28)50-30-14(4)27(19(10-39)47-30)48-31-20(36)25(43)23(41)17(8-33)45-31;2-1(3,4)5;2*1-5(2,3)4/h5-6,14-32,39-44H,7-10,33-37H2,1-4H3;(H,2,3,4,5);2*(H2,1,2,3,4)/q+1;;;/p-1. The van der Waals surface area contributed by atoms with E-state index >= 15 is 0 Å². The van der Waals surface area contributed by atoms with E-state index in [0.717, 1.165) is 17.0 Å². The molecule has 3 saturated heterocycles. The molecule has 0 radical (unpaired) electrons. The zero-order valence-electron chi connectivity index (χ0n) is 35.4. The first kappa shape index (κ1) is 59.5. The van der Waals surface area contributed by atoms with E-state index in [0.29, 0.717) is 0 Å². The average molecular weight is 1010 g/mol. The largest absolute Gasteiger partial charge is 0.726 e. The van der Waals surface area contributed by atoms with Crippen LogP contribution in [-0.2, 0) is 55.8 Å². The monoisotopic (exact) mass is 1010 g/mol. The molecular formula is C32H61ClN6O24S2. The molecule has 4 heterocycles. The summed E-state index contributed by atoms with van der Waals surface area (Å²) in [6.07, 6.45) is -15.1. The Balaban J connectivity index is 0.000000836. The molecule has 1 saturated carbocycles. The minimum atomic E-state index is -4.94. The quantitative estimate of drug-likeness (QED) is 0.0588. The number of ether oxygens (including phenoxy) is 6. The van der Waals surface area contributed by atoms with Crippen molar-refractivity contribution in [3.05, 3.63) is 29.1 Å². The van der Waals surface area contributed by atoms with Gasteiger partial charge in [0.05, 0.1) is 24.9 Å². The van der Waals surface area contributed by atoms with Crippen molar-refractivity contribution in [1.29, 1.82) is 0 Å². The van der Waals surface area contributed by atoms with Crippen LogP contribution >= 0.6 is 0 Å². The molecule has 1 aliphatic carbocycles. The Morgan fingerprint density at radius 3 is 1.65 bits per heavy atom. The predicted molar refractivity (Wildman–Crippen MR) is 195 cm³/mol. The number of aliphatic hydroxyl groups is 6.